The largest absolute Gasteiger partial charge is 0.496 e. The van der Waals surface area contributed by atoms with Crippen molar-refractivity contribution in [2.24, 2.45) is 11.8 Å². The van der Waals surface area contributed by atoms with E-state index in [0.717, 1.165) is 18.1 Å². The molecule has 100 valence electrons. The van der Waals surface area contributed by atoms with E-state index < -0.39 is 0 Å². The van der Waals surface area contributed by atoms with E-state index in [-0.39, 0.29) is 0 Å². The maximum Gasteiger partial charge on any atom is 0.122 e. The first-order valence-corrected chi connectivity index (χ1v) is 7.44. The van der Waals surface area contributed by atoms with Crippen LogP contribution in [0.25, 0.3) is 0 Å². The SMILES string of the molecule is CCC1CCC(Cl)C(Cc2ccccc2OC)C1. The van der Waals surface area contributed by atoms with Crippen LogP contribution in [0.15, 0.2) is 24.3 Å². The molecule has 0 amide bonds. The summed E-state index contributed by atoms with van der Waals surface area (Å²) >= 11 is 6.51. The van der Waals surface area contributed by atoms with Gasteiger partial charge in [-0.1, -0.05) is 31.5 Å². The van der Waals surface area contributed by atoms with Crippen LogP contribution in [-0.2, 0) is 6.42 Å². The number of rotatable bonds is 4. The zero-order valence-corrected chi connectivity index (χ0v) is 12.1. The minimum absolute atomic E-state index is 0.331. The van der Waals surface area contributed by atoms with E-state index in [1.54, 1.807) is 7.11 Å². The molecule has 1 aromatic rings. The Hall–Kier alpha value is -0.690. The summed E-state index contributed by atoms with van der Waals surface area (Å²) in [7, 11) is 1.74. The van der Waals surface area contributed by atoms with Gasteiger partial charge in [0.15, 0.2) is 0 Å². The second kappa shape index (κ2) is 6.47. The molecular formula is C16H23ClO. The maximum absolute atomic E-state index is 6.51. The lowest BCUT2D eigenvalue weighted by molar-refractivity contribution is 0.263. The number of ether oxygens (including phenoxy) is 1. The van der Waals surface area contributed by atoms with Gasteiger partial charge >= 0.3 is 0 Å². The molecule has 0 aromatic heterocycles. The third-order valence-electron chi connectivity index (χ3n) is 4.25. The van der Waals surface area contributed by atoms with Gasteiger partial charge in [-0.15, -0.1) is 11.6 Å². The van der Waals surface area contributed by atoms with Crippen LogP contribution < -0.4 is 4.74 Å². The molecule has 2 rings (SSSR count). The van der Waals surface area contributed by atoms with Crippen molar-refractivity contribution >= 4 is 11.6 Å². The van der Waals surface area contributed by atoms with E-state index in [1.807, 2.05) is 12.1 Å². The minimum Gasteiger partial charge on any atom is -0.496 e. The summed E-state index contributed by atoms with van der Waals surface area (Å²) in [6.45, 7) is 2.29. The summed E-state index contributed by atoms with van der Waals surface area (Å²) in [4.78, 5) is 0. The molecular weight excluding hydrogens is 244 g/mol. The number of hydrogen-bond donors (Lipinski definition) is 0. The summed E-state index contributed by atoms with van der Waals surface area (Å²) < 4.78 is 5.43. The molecule has 2 heteroatoms. The molecule has 1 saturated carbocycles. The summed E-state index contributed by atoms with van der Waals surface area (Å²) in [6, 6.07) is 8.31. The monoisotopic (exact) mass is 266 g/mol. The molecule has 0 saturated heterocycles. The molecule has 1 nitrogen and oxygen atoms in total. The van der Waals surface area contributed by atoms with Gasteiger partial charge in [-0.25, -0.2) is 0 Å². The topological polar surface area (TPSA) is 9.23 Å². The Morgan fingerprint density at radius 1 is 1.28 bits per heavy atom. The quantitative estimate of drug-likeness (QED) is 0.720. The molecule has 18 heavy (non-hydrogen) atoms. The van der Waals surface area contributed by atoms with E-state index >= 15 is 0 Å². The van der Waals surface area contributed by atoms with Gasteiger partial charge in [-0.3, -0.25) is 0 Å². The zero-order chi connectivity index (χ0) is 13.0. The predicted molar refractivity (Wildman–Crippen MR) is 77.5 cm³/mol. The number of methoxy groups -OCH3 is 1. The first kappa shape index (κ1) is 13.7. The average molecular weight is 267 g/mol. The first-order chi connectivity index (χ1) is 8.74. The van der Waals surface area contributed by atoms with Crippen LogP contribution in [0.5, 0.6) is 5.75 Å². The third kappa shape index (κ3) is 3.20. The fourth-order valence-electron chi connectivity index (χ4n) is 3.06. The van der Waals surface area contributed by atoms with E-state index in [2.05, 4.69) is 19.1 Å². The number of alkyl halides is 1. The van der Waals surface area contributed by atoms with Gasteiger partial charge < -0.3 is 4.74 Å². The molecule has 1 fully saturated rings. The third-order valence-corrected chi connectivity index (χ3v) is 4.82. The smallest absolute Gasteiger partial charge is 0.122 e. The number of para-hydroxylation sites is 1. The van der Waals surface area contributed by atoms with Crippen LogP contribution >= 0.6 is 11.6 Å². The molecule has 0 aliphatic heterocycles. The summed E-state index contributed by atoms with van der Waals surface area (Å²) in [5.74, 6) is 2.46. The van der Waals surface area contributed by atoms with Crippen molar-refractivity contribution in [1.82, 2.24) is 0 Å². The van der Waals surface area contributed by atoms with Gasteiger partial charge in [0.25, 0.3) is 0 Å². The molecule has 1 aromatic carbocycles. The van der Waals surface area contributed by atoms with Gasteiger partial charge in [-0.2, -0.15) is 0 Å². The van der Waals surface area contributed by atoms with Crippen LogP contribution in [0.3, 0.4) is 0 Å². The Morgan fingerprint density at radius 2 is 2.06 bits per heavy atom. The average Bonchev–Trinajstić information content (AvgIpc) is 2.42. The van der Waals surface area contributed by atoms with E-state index in [9.17, 15) is 0 Å². The highest BCUT2D eigenvalue weighted by Gasteiger charge is 2.28. The molecule has 3 atom stereocenters. The molecule has 0 radical (unpaired) electrons. The van der Waals surface area contributed by atoms with Crippen LogP contribution in [0, 0.1) is 11.8 Å². The van der Waals surface area contributed by atoms with Crippen molar-refractivity contribution in [2.75, 3.05) is 7.11 Å². The molecule has 0 bridgehead atoms. The maximum atomic E-state index is 6.51. The van der Waals surface area contributed by atoms with Crippen LogP contribution in [0.1, 0.15) is 38.2 Å². The first-order valence-electron chi connectivity index (χ1n) is 7.00. The van der Waals surface area contributed by atoms with Crippen LogP contribution in [0.4, 0.5) is 0 Å². The van der Waals surface area contributed by atoms with Gasteiger partial charge in [0.1, 0.15) is 5.75 Å². The highest BCUT2D eigenvalue weighted by molar-refractivity contribution is 6.20. The normalized spacial score (nSPS) is 28.1. The Bertz CT molecular complexity index is 377. The second-order valence-electron chi connectivity index (χ2n) is 5.38. The highest BCUT2D eigenvalue weighted by atomic mass is 35.5. The van der Waals surface area contributed by atoms with Crippen molar-refractivity contribution in [3.05, 3.63) is 29.8 Å². The molecule has 3 unspecified atom stereocenters. The van der Waals surface area contributed by atoms with Crippen molar-refractivity contribution in [1.29, 1.82) is 0 Å². The molecule has 0 spiro atoms. The Balaban J connectivity index is 2.07. The fourth-order valence-corrected chi connectivity index (χ4v) is 3.38. The van der Waals surface area contributed by atoms with Gasteiger partial charge in [0.05, 0.1) is 7.11 Å². The van der Waals surface area contributed by atoms with E-state index in [1.165, 1.54) is 31.2 Å². The Morgan fingerprint density at radius 3 is 2.78 bits per heavy atom. The minimum atomic E-state index is 0.331. The lowest BCUT2D eigenvalue weighted by Crippen LogP contribution is -2.27. The predicted octanol–water partition coefficient (Wildman–Crippen LogP) is 4.67. The lowest BCUT2D eigenvalue weighted by atomic mass is 9.77. The van der Waals surface area contributed by atoms with Crippen LogP contribution in [0.2, 0.25) is 0 Å². The van der Waals surface area contributed by atoms with Crippen molar-refractivity contribution in [3.63, 3.8) is 0 Å². The van der Waals surface area contributed by atoms with Crippen LogP contribution in [-0.4, -0.2) is 12.5 Å². The number of halogens is 1. The summed E-state index contributed by atoms with van der Waals surface area (Å²) in [5, 5.41) is 0.331. The second-order valence-corrected chi connectivity index (χ2v) is 5.94. The number of benzene rings is 1. The number of hydrogen-bond acceptors (Lipinski definition) is 1. The van der Waals surface area contributed by atoms with Gasteiger partial charge in [-0.05, 0) is 49.1 Å². The standard InChI is InChI=1S/C16H23ClO/c1-3-12-8-9-15(17)14(10-12)11-13-6-4-5-7-16(13)18-2/h4-7,12,14-15H,3,8-11H2,1-2H3. The van der Waals surface area contributed by atoms with Crippen molar-refractivity contribution < 1.29 is 4.74 Å². The van der Waals surface area contributed by atoms with Crippen molar-refractivity contribution in [3.8, 4) is 5.75 Å². The summed E-state index contributed by atoms with van der Waals surface area (Å²) in [6.07, 6.45) is 6.07. The Labute approximate surface area is 115 Å². The highest BCUT2D eigenvalue weighted by Crippen LogP contribution is 2.37. The van der Waals surface area contributed by atoms with E-state index in [0.29, 0.717) is 11.3 Å². The van der Waals surface area contributed by atoms with Gasteiger partial charge in [0, 0.05) is 5.38 Å². The van der Waals surface area contributed by atoms with Gasteiger partial charge in [0.2, 0.25) is 0 Å². The molecule has 0 N–H and O–H groups in total. The molecule has 0 heterocycles. The lowest BCUT2D eigenvalue weighted by Gasteiger charge is -2.33. The summed E-state index contributed by atoms with van der Waals surface area (Å²) in [5.41, 5.74) is 1.30. The zero-order valence-electron chi connectivity index (χ0n) is 11.4. The molecule has 1 aliphatic rings. The molecule has 1 aliphatic carbocycles. The van der Waals surface area contributed by atoms with E-state index in [4.69, 9.17) is 16.3 Å². The van der Waals surface area contributed by atoms with Crippen molar-refractivity contribution in [2.45, 2.75) is 44.4 Å². The fraction of sp³-hybridized carbons (Fsp3) is 0.625. The Kier molecular flexibility index (Phi) is 4.94.